The van der Waals surface area contributed by atoms with Crippen LogP contribution in [0.25, 0.3) is 0 Å². The first-order valence-electron chi connectivity index (χ1n) is 6.36. The molecule has 0 aliphatic heterocycles. The summed E-state index contributed by atoms with van der Waals surface area (Å²) in [7, 11) is 0. The van der Waals surface area contributed by atoms with Gasteiger partial charge in [0.25, 0.3) is 0 Å². The van der Waals surface area contributed by atoms with Crippen LogP contribution in [0.3, 0.4) is 0 Å². The fraction of sp³-hybridized carbons (Fsp3) is 0.846. The summed E-state index contributed by atoms with van der Waals surface area (Å²) in [5, 5.41) is 3.58. The van der Waals surface area contributed by atoms with Crippen LogP contribution in [0.2, 0.25) is 0 Å². The lowest BCUT2D eigenvalue weighted by atomic mass is 9.82. The predicted octanol–water partition coefficient (Wildman–Crippen LogP) is 1.83. The molecule has 0 amide bonds. The molecule has 0 aromatic rings. The SMILES string of the molecule is C=C(C)COCCNC1(CN)CCCCC1. The van der Waals surface area contributed by atoms with E-state index in [9.17, 15) is 0 Å². The van der Waals surface area contributed by atoms with E-state index in [1.54, 1.807) is 0 Å². The molecule has 0 heterocycles. The average Bonchev–Trinajstić information content (AvgIpc) is 2.29. The molecule has 3 nitrogen and oxygen atoms in total. The summed E-state index contributed by atoms with van der Waals surface area (Å²) in [4.78, 5) is 0. The average molecular weight is 226 g/mol. The molecule has 1 rings (SSSR count). The minimum absolute atomic E-state index is 0.185. The summed E-state index contributed by atoms with van der Waals surface area (Å²) in [6.45, 7) is 8.83. The first-order chi connectivity index (χ1) is 7.68. The molecule has 0 saturated heterocycles. The molecule has 0 spiro atoms. The Morgan fingerprint density at radius 2 is 2.06 bits per heavy atom. The topological polar surface area (TPSA) is 47.3 Å². The molecule has 0 bridgehead atoms. The zero-order valence-corrected chi connectivity index (χ0v) is 10.6. The van der Waals surface area contributed by atoms with E-state index in [1.807, 2.05) is 6.92 Å². The second-order valence-electron chi connectivity index (χ2n) is 4.98. The van der Waals surface area contributed by atoms with Crippen LogP contribution in [0, 0.1) is 0 Å². The van der Waals surface area contributed by atoms with Gasteiger partial charge in [0, 0.05) is 18.6 Å². The number of hydrogen-bond donors (Lipinski definition) is 2. The van der Waals surface area contributed by atoms with Gasteiger partial charge >= 0.3 is 0 Å². The largest absolute Gasteiger partial charge is 0.376 e. The van der Waals surface area contributed by atoms with Crippen molar-refractivity contribution in [2.45, 2.75) is 44.6 Å². The Balaban J connectivity index is 2.15. The number of ether oxygens (including phenoxy) is 1. The Labute approximate surface area is 99.4 Å². The lowest BCUT2D eigenvalue weighted by molar-refractivity contribution is 0.140. The third-order valence-corrected chi connectivity index (χ3v) is 3.30. The third kappa shape index (κ3) is 4.64. The monoisotopic (exact) mass is 226 g/mol. The van der Waals surface area contributed by atoms with Crippen molar-refractivity contribution in [3.8, 4) is 0 Å². The molecule has 1 saturated carbocycles. The normalized spacial score (nSPS) is 19.6. The van der Waals surface area contributed by atoms with Crippen LogP contribution in [0.15, 0.2) is 12.2 Å². The van der Waals surface area contributed by atoms with E-state index in [2.05, 4.69) is 11.9 Å². The minimum atomic E-state index is 0.185. The molecule has 3 N–H and O–H groups in total. The highest BCUT2D eigenvalue weighted by Crippen LogP contribution is 2.26. The van der Waals surface area contributed by atoms with E-state index in [-0.39, 0.29) is 5.54 Å². The Morgan fingerprint density at radius 3 is 2.62 bits per heavy atom. The molecule has 0 radical (unpaired) electrons. The van der Waals surface area contributed by atoms with Crippen molar-refractivity contribution in [3.05, 3.63) is 12.2 Å². The zero-order chi connectivity index (χ0) is 11.9. The number of rotatable bonds is 7. The van der Waals surface area contributed by atoms with Crippen molar-refractivity contribution < 1.29 is 4.74 Å². The van der Waals surface area contributed by atoms with Crippen LogP contribution < -0.4 is 11.1 Å². The standard InChI is InChI=1S/C13H26N2O/c1-12(2)10-16-9-8-15-13(11-14)6-4-3-5-7-13/h15H,1,3-11,14H2,2H3. The number of hydrogen-bond acceptors (Lipinski definition) is 3. The summed E-state index contributed by atoms with van der Waals surface area (Å²) >= 11 is 0. The maximum atomic E-state index is 5.88. The molecule has 0 aromatic heterocycles. The molecule has 1 aliphatic carbocycles. The highest BCUT2D eigenvalue weighted by atomic mass is 16.5. The van der Waals surface area contributed by atoms with E-state index in [0.29, 0.717) is 6.61 Å². The van der Waals surface area contributed by atoms with Gasteiger partial charge in [0.1, 0.15) is 0 Å². The summed E-state index contributed by atoms with van der Waals surface area (Å²) in [6.07, 6.45) is 6.39. The van der Waals surface area contributed by atoms with E-state index in [0.717, 1.165) is 25.3 Å². The van der Waals surface area contributed by atoms with E-state index in [1.165, 1.54) is 32.1 Å². The second kappa shape index (κ2) is 7.05. The van der Waals surface area contributed by atoms with Crippen LogP contribution in [-0.2, 0) is 4.74 Å². The Kier molecular flexibility index (Phi) is 6.03. The molecule has 1 aliphatic rings. The fourth-order valence-electron chi connectivity index (χ4n) is 2.32. The molecule has 0 atom stereocenters. The summed E-state index contributed by atoms with van der Waals surface area (Å²) in [6, 6.07) is 0. The van der Waals surface area contributed by atoms with Gasteiger partial charge in [-0.2, -0.15) is 0 Å². The molecule has 16 heavy (non-hydrogen) atoms. The van der Waals surface area contributed by atoms with Gasteiger partial charge in [-0.25, -0.2) is 0 Å². The van der Waals surface area contributed by atoms with Crippen molar-refractivity contribution in [2.75, 3.05) is 26.3 Å². The van der Waals surface area contributed by atoms with Gasteiger partial charge in [0.05, 0.1) is 13.2 Å². The van der Waals surface area contributed by atoms with Gasteiger partial charge < -0.3 is 15.8 Å². The molecular weight excluding hydrogens is 200 g/mol. The van der Waals surface area contributed by atoms with Gasteiger partial charge in [-0.3, -0.25) is 0 Å². The van der Waals surface area contributed by atoms with E-state index < -0.39 is 0 Å². The number of nitrogens with two attached hydrogens (primary N) is 1. The first-order valence-corrected chi connectivity index (χ1v) is 6.36. The van der Waals surface area contributed by atoms with Crippen molar-refractivity contribution in [1.82, 2.24) is 5.32 Å². The maximum Gasteiger partial charge on any atom is 0.0672 e. The van der Waals surface area contributed by atoms with Crippen LogP contribution in [0.4, 0.5) is 0 Å². The summed E-state index contributed by atoms with van der Waals surface area (Å²) in [5.74, 6) is 0. The van der Waals surface area contributed by atoms with Gasteiger partial charge in [-0.1, -0.05) is 31.4 Å². The quantitative estimate of drug-likeness (QED) is 0.514. The van der Waals surface area contributed by atoms with Crippen molar-refractivity contribution >= 4 is 0 Å². The molecular formula is C13H26N2O. The van der Waals surface area contributed by atoms with Gasteiger partial charge in [0.15, 0.2) is 0 Å². The van der Waals surface area contributed by atoms with Crippen molar-refractivity contribution in [3.63, 3.8) is 0 Å². The Hall–Kier alpha value is -0.380. The first kappa shape index (κ1) is 13.7. The maximum absolute atomic E-state index is 5.88. The van der Waals surface area contributed by atoms with Crippen molar-refractivity contribution in [1.29, 1.82) is 0 Å². The third-order valence-electron chi connectivity index (χ3n) is 3.30. The summed E-state index contributed by atoms with van der Waals surface area (Å²) in [5.41, 5.74) is 7.14. The second-order valence-corrected chi connectivity index (χ2v) is 4.98. The van der Waals surface area contributed by atoms with Gasteiger partial charge in [-0.15, -0.1) is 0 Å². The van der Waals surface area contributed by atoms with Crippen LogP contribution in [0.5, 0.6) is 0 Å². The molecule has 0 aromatic carbocycles. The summed E-state index contributed by atoms with van der Waals surface area (Å²) < 4.78 is 5.47. The smallest absolute Gasteiger partial charge is 0.0672 e. The molecule has 3 heteroatoms. The molecule has 94 valence electrons. The Bertz CT molecular complexity index is 210. The van der Waals surface area contributed by atoms with Crippen LogP contribution in [0.1, 0.15) is 39.0 Å². The van der Waals surface area contributed by atoms with Crippen LogP contribution in [-0.4, -0.2) is 31.8 Å². The minimum Gasteiger partial charge on any atom is -0.376 e. The van der Waals surface area contributed by atoms with Crippen LogP contribution >= 0.6 is 0 Å². The molecule has 1 fully saturated rings. The van der Waals surface area contributed by atoms with E-state index >= 15 is 0 Å². The lowest BCUT2D eigenvalue weighted by Gasteiger charge is -2.37. The lowest BCUT2D eigenvalue weighted by Crippen LogP contribution is -2.53. The highest BCUT2D eigenvalue weighted by molar-refractivity contribution is 4.91. The highest BCUT2D eigenvalue weighted by Gasteiger charge is 2.29. The predicted molar refractivity (Wildman–Crippen MR) is 68.5 cm³/mol. The fourth-order valence-corrected chi connectivity index (χ4v) is 2.32. The molecule has 0 unspecified atom stereocenters. The Morgan fingerprint density at radius 1 is 1.38 bits per heavy atom. The number of nitrogens with one attached hydrogen (secondary N) is 1. The van der Waals surface area contributed by atoms with E-state index in [4.69, 9.17) is 10.5 Å². The van der Waals surface area contributed by atoms with Gasteiger partial charge in [0.2, 0.25) is 0 Å². The van der Waals surface area contributed by atoms with Gasteiger partial charge in [-0.05, 0) is 19.8 Å². The van der Waals surface area contributed by atoms with Crippen molar-refractivity contribution in [2.24, 2.45) is 5.73 Å². The zero-order valence-electron chi connectivity index (χ0n) is 10.6.